The van der Waals surface area contributed by atoms with Gasteiger partial charge in [-0.3, -0.25) is 9.36 Å². The number of hydrogen-bond donors (Lipinski definition) is 1. The van der Waals surface area contributed by atoms with Crippen molar-refractivity contribution in [2.75, 3.05) is 25.6 Å². The second kappa shape index (κ2) is 6.79. The van der Waals surface area contributed by atoms with Gasteiger partial charge >= 0.3 is 0 Å². The smallest absolute Gasteiger partial charge is 0.263 e. The van der Waals surface area contributed by atoms with Crippen LogP contribution in [0.1, 0.15) is 36.6 Å². The van der Waals surface area contributed by atoms with Crippen LogP contribution in [0.3, 0.4) is 0 Å². The first-order valence-electron chi connectivity index (χ1n) is 8.04. The lowest BCUT2D eigenvalue weighted by Gasteiger charge is -2.14. The van der Waals surface area contributed by atoms with Crippen LogP contribution in [0.2, 0.25) is 0 Å². The molecule has 1 N–H and O–H groups in total. The molecule has 0 aromatic carbocycles. The molecule has 1 aliphatic rings. The summed E-state index contributed by atoms with van der Waals surface area (Å²) in [6, 6.07) is 0. The van der Waals surface area contributed by atoms with E-state index in [1.54, 1.807) is 23.0 Å². The lowest BCUT2D eigenvalue weighted by atomic mass is 9.97. The van der Waals surface area contributed by atoms with Gasteiger partial charge in [-0.15, -0.1) is 11.3 Å². The molecular weight excluding hydrogens is 298 g/mol. The van der Waals surface area contributed by atoms with Gasteiger partial charge in [0.1, 0.15) is 4.83 Å². The van der Waals surface area contributed by atoms with Gasteiger partial charge in [0.2, 0.25) is 5.95 Å². The lowest BCUT2D eigenvalue weighted by molar-refractivity contribution is 0.210. The Morgan fingerprint density at radius 3 is 2.95 bits per heavy atom. The van der Waals surface area contributed by atoms with Crippen molar-refractivity contribution < 1.29 is 4.74 Å². The fourth-order valence-electron chi connectivity index (χ4n) is 3.07. The van der Waals surface area contributed by atoms with Crippen molar-refractivity contribution in [3.05, 3.63) is 20.8 Å². The van der Waals surface area contributed by atoms with Gasteiger partial charge < -0.3 is 10.1 Å². The van der Waals surface area contributed by atoms with Crippen LogP contribution in [0, 0.1) is 0 Å². The highest BCUT2D eigenvalue weighted by Crippen LogP contribution is 2.34. The number of rotatable bonds is 6. The molecule has 0 fully saturated rings. The Bertz CT molecular complexity index is 720. The Balaban J connectivity index is 2.10. The molecule has 2 aromatic rings. The molecule has 0 bridgehead atoms. The number of aryl methyl sites for hydroxylation is 2. The molecule has 0 unspecified atom stereocenters. The van der Waals surface area contributed by atoms with Crippen molar-refractivity contribution in [1.82, 2.24) is 9.55 Å². The lowest BCUT2D eigenvalue weighted by Crippen LogP contribution is -2.26. The maximum Gasteiger partial charge on any atom is 0.263 e. The summed E-state index contributed by atoms with van der Waals surface area (Å²) in [4.78, 5) is 20.0. The summed E-state index contributed by atoms with van der Waals surface area (Å²) in [7, 11) is 1.67. The van der Waals surface area contributed by atoms with Gasteiger partial charge in [0, 0.05) is 25.1 Å². The fraction of sp³-hybridized carbons (Fsp3) is 0.625. The second-order valence-corrected chi connectivity index (χ2v) is 6.79. The molecule has 6 heteroatoms. The first-order chi connectivity index (χ1) is 10.8. The molecular formula is C16H23N3O2S. The minimum absolute atomic E-state index is 0.117. The number of thiophene rings is 1. The van der Waals surface area contributed by atoms with E-state index in [4.69, 9.17) is 9.72 Å². The summed E-state index contributed by atoms with van der Waals surface area (Å²) in [5.41, 5.74) is 1.38. The molecule has 0 spiro atoms. The summed E-state index contributed by atoms with van der Waals surface area (Å²) in [5, 5.41) is 4.11. The predicted octanol–water partition coefficient (Wildman–Crippen LogP) is 2.81. The van der Waals surface area contributed by atoms with Gasteiger partial charge in [0.25, 0.3) is 5.56 Å². The summed E-state index contributed by atoms with van der Waals surface area (Å²) < 4.78 is 6.86. The molecule has 0 radical (unpaired) electrons. The first kappa shape index (κ1) is 15.5. The summed E-state index contributed by atoms with van der Waals surface area (Å²) >= 11 is 1.70. The van der Waals surface area contributed by atoms with Gasteiger partial charge in [-0.2, -0.15) is 0 Å². The Morgan fingerprint density at radius 2 is 2.18 bits per heavy atom. The average Bonchev–Trinajstić information content (AvgIpc) is 2.89. The molecule has 0 aliphatic heterocycles. The Hall–Kier alpha value is -1.40. The first-order valence-corrected chi connectivity index (χ1v) is 8.85. The molecule has 1 aliphatic carbocycles. The molecule has 0 saturated carbocycles. The molecule has 0 saturated heterocycles. The third kappa shape index (κ3) is 2.77. The highest BCUT2D eigenvalue weighted by Gasteiger charge is 2.21. The van der Waals surface area contributed by atoms with Gasteiger partial charge in [-0.05, 0) is 37.7 Å². The van der Waals surface area contributed by atoms with Crippen LogP contribution >= 0.6 is 11.3 Å². The van der Waals surface area contributed by atoms with Gasteiger partial charge in [0.05, 0.1) is 12.0 Å². The molecule has 120 valence electrons. The number of nitrogens with zero attached hydrogens (tertiary/aromatic N) is 2. The summed E-state index contributed by atoms with van der Waals surface area (Å²) in [6.07, 6.45) is 5.44. The van der Waals surface area contributed by atoms with E-state index in [0.29, 0.717) is 25.6 Å². The van der Waals surface area contributed by atoms with E-state index >= 15 is 0 Å². The number of ether oxygens (including phenoxy) is 1. The van der Waals surface area contributed by atoms with Crippen LogP contribution < -0.4 is 10.9 Å². The van der Waals surface area contributed by atoms with Gasteiger partial charge in [-0.25, -0.2) is 4.98 Å². The van der Waals surface area contributed by atoms with E-state index in [0.717, 1.165) is 29.5 Å². The molecule has 5 nitrogen and oxygen atoms in total. The highest BCUT2D eigenvalue weighted by molar-refractivity contribution is 7.18. The zero-order chi connectivity index (χ0) is 15.5. The van der Waals surface area contributed by atoms with Crippen molar-refractivity contribution >= 4 is 27.5 Å². The van der Waals surface area contributed by atoms with Crippen LogP contribution in [-0.4, -0.2) is 29.8 Å². The Kier molecular flexibility index (Phi) is 4.78. The number of aromatic nitrogens is 2. The SMILES string of the molecule is CCCn1c(NCCOC)nc2sc3c(c2c1=O)CCCC3. The highest BCUT2D eigenvalue weighted by atomic mass is 32.1. The maximum atomic E-state index is 13.0. The average molecular weight is 321 g/mol. The van der Waals surface area contributed by atoms with Crippen LogP contribution in [-0.2, 0) is 24.1 Å². The van der Waals surface area contributed by atoms with E-state index in [1.807, 2.05) is 0 Å². The Morgan fingerprint density at radius 1 is 1.36 bits per heavy atom. The van der Waals surface area contributed by atoms with E-state index < -0.39 is 0 Å². The quantitative estimate of drug-likeness (QED) is 0.831. The largest absolute Gasteiger partial charge is 0.383 e. The fourth-order valence-corrected chi connectivity index (χ4v) is 4.32. The monoisotopic (exact) mass is 321 g/mol. The topological polar surface area (TPSA) is 56.1 Å². The molecule has 0 atom stereocenters. The summed E-state index contributed by atoms with van der Waals surface area (Å²) in [6.45, 7) is 4.03. The number of fused-ring (bicyclic) bond motifs is 3. The molecule has 2 aromatic heterocycles. The maximum absolute atomic E-state index is 13.0. The summed E-state index contributed by atoms with van der Waals surface area (Å²) in [5.74, 6) is 0.676. The van der Waals surface area contributed by atoms with Crippen molar-refractivity contribution in [2.24, 2.45) is 0 Å². The Labute approximate surface area is 134 Å². The van der Waals surface area contributed by atoms with E-state index in [2.05, 4.69) is 12.2 Å². The van der Waals surface area contributed by atoms with E-state index in [-0.39, 0.29) is 5.56 Å². The number of anilines is 1. The molecule has 3 rings (SSSR count). The predicted molar refractivity (Wildman–Crippen MR) is 91.2 cm³/mol. The zero-order valence-electron chi connectivity index (χ0n) is 13.3. The van der Waals surface area contributed by atoms with Crippen molar-refractivity contribution in [1.29, 1.82) is 0 Å². The third-order valence-corrected chi connectivity index (χ3v) is 5.30. The zero-order valence-corrected chi connectivity index (χ0v) is 14.1. The molecule has 0 amide bonds. The van der Waals surface area contributed by atoms with Gasteiger partial charge in [0.15, 0.2) is 0 Å². The van der Waals surface area contributed by atoms with Crippen LogP contribution in [0.5, 0.6) is 0 Å². The van der Waals surface area contributed by atoms with Crippen molar-refractivity contribution in [3.8, 4) is 0 Å². The van der Waals surface area contributed by atoms with Gasteiger partial charge in [-0.1, -0.05) is 6.92 Å². The third-order valence-electron chi connectivity index (χ3n) is 4.11. The van der Waals surface area contributed by atoms with Crippen molar-refractivity contribution in [3.63, 3.8) is 0 Å². The minimum Gasteiger partial charge on any atom is -0.383 e. The number of methoxy groups -OCH3 is 1. The molecule has 22 heavy (non-hydrogen) atoms. The standard InChI is InChI=1S/C16H23N3O2S/c1-3-9-19-15(20)13-11-6-4-5-7-12(11)22-14(13)18-16(19)17-8-10-21-2/h3-10H2,1-2H3,(H,17,18). The number of hydrogen-bond acceptors (Lipinski definition) is 5. The normalized spacial score (nSPS) is 14.3. The van der Waals surface area contributed by atoms with Crippen LogP contribution in [0.25, 0.3) is 10.2 Å². The molecule has 2 heterocycles. The van der Waals surface area contributed by atoms with Crippen LogP contribution in [0.15, 0.2) is 4.79 Å². The number of nitrogens with one attached hydrogen (secondary N) is 1. The van der Waals surface area contributed by atoms with Crippen molar-refractivity contribution in [2.45, 2.75) is 45.6 Å². The second-order valence-electron chi connectivity index (χ2n) is 5.70. The van der Waals surface area contributed by atoms with E-state index in [1.165, 1.54) is 23.3 Å². The van der Waals surface area contributed by atoms with Crippen LogP contribution in [0.4, 0.5) is 5.95 Å². The van der Waals surface area contributed by atoms with E-state index in [9.17, 15) is 4.79 Å². The minimum atomic E-state index is 0.117.